The summed E-state index contributed by atoms with van der Waals surface area (Å²) in [5.74, 6) is 0.450. The van der Waals surface area contributed by atoms with E-state index in [9.17, 15) is 9.59 Å². The fourth-order valence-electron chi connectivity index (χ4n) is 3.96. The number of carbonyl (C=O) groups excluding carboxylic acids is 2. The van der Waals surface area contributed by atoms with Crippen molar-refractivity contribution in [1.29, 1.82) is 0 Å². The van der Waals surface area contributed by atoms with E-state index >= 15 is 0 Å². The lowest BCUT2D eigenvalue weighted by molar-refractivity contribution is -0.129. The van der Waals surface area contributed by atoms with Gasteiger partial charge in [-0.05, 0) is 36.2 Å². The fourth-order valence-corrected chi connectivity index (χ4v) is 5.08. The van der Waals surface area contributed by atoms with Crippen LogP contribution < -0.4 is 19.7 Å². The predicted molar refractivity (Wildman–Crippen MR) is 132 cm³/mol. The van der Waals surface area contributed by atoms with Crippen LogP contribution >= 0.6 is 11.3 Å². The van der Waals surface area contributed by atoms with Crippen LogP contribution in [0, 0.1) is 0 Å². The summed E-state index contributed by atoms with van der Waals surface area (Å²) in [4.78, 5) is 28.3. The number of rotatable bonds is 7. The molecule has 0 bridgehead atoms. The summed E-state index contributed by atoms with van der Waals surface area (Å²) < 4.78 is 21.7. The molecule has 0 saturated carbocycles. The van der Waals surface area contributed by atoms with Gasteiger partial charge in [-0.3, -0.25) is 4.79 Å². The first kappa shape index (κ1) is 23.2. The van der Waals surface area contributed by atoms with Gasteiger partial charge >= 0.3 is 5.97 Å². The molecule has 1 amide bonds. The zero-order valence-electron chi connectivity index (χ0n) is 19.3. The highest BCUT2D eigenvalue weighted by molar-refractivity contribution is 7.18. The maximum atomic E-state index is 13.0. The van der Waals surface area contributed by atoms with Crippen LogP contribution in [0.4, 0.5) is 5.00 Å². The lowest BCUT2D eigenvalue weighted by Crippen LogP contribution is -2.36. The Kier molecular flexibility index (Phi) is 6.87. The van der Waals surface area contributed by atoms with Gasteiger partial charge in [0.1, 0.15) is 4.88 Å². The molecule has 0 spiro atoms. The van der Waals surface area contributed by atoms with Gasteiger partial charge in [-0.1, -0.05) is 36.4 Å². The molecule has 1 N–H and O–H groups in total. The monoisotopic (exact) mass is 494 g/mol. The van der Waals surface area contributed by atoms with E-state index in [-0.39, 0.29) is 19.2 Å². The first-order valence-electron chi connectivity index (χ1n) is 11.5. The third-order valence-electron chi connectivity index (χ3n) is 5.85. The van der Waals surface area contributed by atoms with Crippen LogP contribution in [0.1, 0.15) is 22.2 Å². The zero-order valence-corrected chi connectivity index (χ0v) is 20.1. The minimum absolute atomic E-state index is 0.195. The van der Waals surface area contributed by atoms with Crippen molar-refractivity contribution in [3.63, 3.8) is 0 Å². The number of amides is 1. The molecule has 3 heterocycles. The lowest BCUT2D eigenvalue weighted by Gasteiger charge is -2.28. The summed E-state index contributed by atoms with van der Waals surface area (Å²) in [5, 5.41) is 3.82. The second-order valence-electron chi connectivity index (χ2n) is 8.25. The van der Waals surface area contributed by atoms with Crippen molar-refractivity contribution >= 4 is 28.2 Å². The van der Waals surface area contributed by atoms with Gasteiger partial charge in [-0.25, -0.2) is 4.79 Å². The summed E-state index contributed by atoms with van der Waals surface area (Å²) in [6, 6.07) is 17.3. The van der Waals surface area contributed by atoms with Gasteiger partial charge in [0.15, 0.2) is 17.6 Å². The maximum Gasteiger partial charge on any atom is 0.349 e. The van der Waals surface area contributed by atoms with E-state index in [0.717, 1.165) is 34.8 Å². The number of anilines is 1. The summed E-state index contributed by atoms with van der Waals surface area (Å²) in [7, 11) is 0. The number of morpholine rings is 1. The average molecular weight is 495 g/mol. The SMILES string of the molecule is CC(OC(=O)c1cc(-c2ccccc2)c(N2CCOCC2)s1)C(=O)NCc1ccc2c(c1)OCO2. The third-order valence-corrected chi connectivity index (χ3v) is 7.03. The number of ether oxygens (including phenoxy) is 4. The van der Waals surface area contributed by atoms with Gasteiger partial charge in [0.2, 0.25) is 6.79 Å². The van der Waals surface area contributed by atoms with Crippen LogP contribution in [-0.2, 0) is 20.8 Å². The summed E-state index contributed by atoms with van der Waals surface area (Å²) in [6.07, 6.45) is -0.939. The molecule has 5 rings (SSSR count). The Morgan fingerprint density at radius 2 is 1.83 bits per heavy atom. The number of nitrogens with one attached hydrogen (secondary N) is 1. The Hall–Kier alpha value is -3.56. The highest BCUT2D eigenvalue weighted by Crippen LogP contribution is 2.39. The van der Waals surface area contributed by atoms with E-state index in [0.29, 0.717) is 29.6 Å². The van der Waals surface area contributed by atoms with E-state index in [1.54, 1.807) is 13.0 Å². The predicted octanol–water partition coefficient (Wildman–Crippen LogP) is 3.84. The second-order valence-corrected chi connectivity index (χ2v) is 9.28. The molecule has 0 radical (unpaired) electrons. The Balaban J connectivity index is 1.25. The summed E-state index contributed by atoms with van der Waals surface area (Å²) in [5.41, 5.74) is 2.87. The molecule has 1 unspecified atom stereocenters. The minimum atomic E-state index is -0.939. The lowest BCUT2D eigenvalue weighted by atomic mass is 10.1. The molecule has 2 aromatic carbocycles. The average Bonchev–Trinajstić information content (AvgIpc) is 3.55. The summed E-state index contributed by atoms with van der Waals surface area (Å²) in [6.45, 7) is 4.86. The van der Waals surface area contributed by atoms with Crippen LogP contribution in [0.2, 0.25) is 0 Å². The molecule has 3 aromatic rings. The van der Waals surface area contributed by atoms with Gasteiger partial charge in [-0.2, -0.15) is 0 Å². The number of fused-ring (bicyclic) bond motifs is 1. The number of hydrogen-bond acceptors (Lipinski definition) is 8. The van der Waals surface area contributed by atoms with Crippen molar-refractivity contribution in [3.05, 3.63) is 65.0 Å². The Morgan fingerprint density at radius 3 is 2.63 bits per heavy atom. The topological polar surface area (TPSA) is 86.3 Å². The van der Waals surface area contributed by atoms with Gasteiger partial charge in [0.05, 0.1) is 18.2 Å². The largest absolute Gasteiger partial charge is 0.454 e. The Morgan fingerprint density at radius 1 is 1.06 bits per heavy atom. The number of nitrogens with zero attached hydrogens (tertiary/aromatic N) is 1. The number of hydrogen-bond donors (Lipinski definition) is 1. The first-order valence-corrected chi connectivity index (χ1v) is 12.3. The van der Waals surface area contributed by atoms with Crippen LogP contribution in [0.15, 0.2) is 54.6 Å². The van der Waals surface area contributed by atoms with E-state index in [2.05, 4.69) is 10.2 Å². The normalized spacial score (nSPS) is 15.5. The van der Waals surface area contributed by atoms with E-state index in [1.165, 1.54) is 11.3 Å². The van der Waals surface area contributed by atoms with Crippen molar-refractivity contribution in [3.8, 4) is 22.6 Å². The highest BCUT2D eigenvalue weighted by atomic mass is 32.1. The quantitative estimate of drug-likeness (QED) is 0.500. The van der Waals surface area contributed by atoms with Crippen molar-refractivity contribution < 1.29 is 28.5 Å². The number of carbonyl (C=O) groups is 2. The van der Waals surface area contributed by atoms with Crippen LogP contribution in [0.3, 0.4) is 0 Å². The second kappa shape index (κ2) is 10.4. The Labute approximate surface area is 207 Å². The van der Waals surface area contributed by atoms with Crippen molar-refractivity contribution in [1.82, 2.24) is 5.32 Å². The molecule has 1 fully saturated rings. The molecule has 1 saturated heterocycles. The molecule has 1 atom stereocenters. The number of thiophene rings is 1. The molecule has 2 aliphatic rings. The van der Waals surface area contributed by atoms with E-state index < -0.39 is 12.1 Å². The van der Waals surface area contributed by atoms with Crippen molar-refractivity contribution in [2.45, 2.75) is 19.6 Å². The maximum absolute atomic E-state index is 13.0. The third kappa shape index (κ3) is 5.26. The summed E-state index contributed by atoms with van der Waals surface area (Å²) >= 11 is 1.38. The standard InChI is InChI=1S/C26H26N2O6S/c1-17(24(29)27-15-18-7-8-21-22(13-18)33-16-32-21)34-26(30)23-14-20(19-5-3-2-4-6-19)25(35-23)28-9-11-31-12-10-28/h2-8,13-14,17H,9-12,15-16H2,1H3,(H,27,29). The molecular formula is C26H26N2O6S. The fraction of sp³-hybridized carbons (Fsp3) is 0.308. The van der Waals surface area contributed by atoms with Crippen molar-refractivity contribution in [2.24, 2.45) is 0 Å². The first-order chi connectivity index (χ1) is 17.1. The molecular weight excluding hydrogens is 468 g/mol. The Bertz CT molecular complexity index is 1210. The molecule has 8 nitrogen and oxygen atoms in total. The van der Waals surface area contributed by atoms with Crippen LogP contribution in [0.25, 0.3) is 11.1 Å². The van der Waals surface area contributed by atoms with Gasteiger partial charge in [-0.15, -0.1) is 11.3 Å². The molecule has 2 aliphatic heterocycles. The van der Waals surface area contributed by atoms with Crippen LogP contribution in [0.5, 0.6) is 11.5 Å². The molecule has 182 valence electrons. The molecule has 35 heavy (non-hydrogen) atoms. The van der Waals surface area contributed by atoms with Crippen molar-refractivity contribution in [2.75, 3.05) is 38.0 Å². The molecule has 0 aliphatic carbocycles. The smallest absolute Gasteiger partial charge is 0.349 e. The van der Waals surface area contributed by atoms with Crippen LogP contribution in [-0.4, -0.2) is 51.1 Å². The van der Waals surface area contributed by atoms with E-state index in [1.807, 2.05) is 48.5 Å². The van der Waals surface area contributed by atoms with Gasteiger partial charge in [0, 0.05) is 25.2 Å². The highest BCUT2D eigenvalue weighted by Gasteiger charge is 2.25. The molecule has 9 heteroatoms. The van der Waals surface area contributed by atoms with Gasteiger partial charge in [0.25, 0.3) is 5.91 Å². The minimum Gasteiger partial charge on any atom is -0.454 e. The van der Waals surface area contributed by atoms with Gasteiger partial charge < -0.3 is 29.2 Å². The number of esters is 1. The van der Waals surface area contributed by atoms with E-state index in [4.69, 9.17) is 18.9 Å². The molecule has 1 aromatic heterocycles. The number of benzene rings is 2. The zero-order chi connectivity index (χ0) is 24.2.